The van der Waals surface area contributed by atoms with E-state index in [0.717, 1.165) is 31.2 Å². The van der Waals surface area contributed by atoms with E-state index in [1.165, 1.54) is 5.56 Å². The largest absolute Gasteiger partial charge is 0.298 e. The van der Waals surface area contributed by atoms with Gasteiger partial charge in [0.25, 0.3) is 0 Å². The van der Waals surface area contributed by atoms with Crippen LogP contribution < -0.4 is 0 Å². The lowest BCUT2D eigenvalue weighted by Crippen LogP contribution is -2.33. The Balaban J connectivity index is 2.82. The Kier molecular flexibility index (Phi) is 6.81. The highest BCUT2D eigenvalue weighted by atomic mass is 79.9. The predicted molar refractivity (Wildman–Crippen MR) is 95.2 cm³/mol. The second kappa shape index (κ2) is 7.92. The van der Waals surface area contributed by atoms with Gasteiger partial charge >= 0.3 is 0 Å². The van der Waals surface area contributed by atoms with Crippen molar-refractivity contribution in [3.63, 3.8) is 0 Å². The fourth-order valence-electron chi connectivity index (χ4n) is 2.68. The number of nitriles is 1. The van der Waals surface area contributed by atoms with Gasteiger partial charge in [-0.15, -0.1) is 0 Å². The summed E-state index contributed by atoms with van der Waals surface area (Å²) >= 11 is 3.33. The molecule has 1 aromatic rings. The zero-order chi connectivity index (χ0) is 16.8. The van der Waals surface area contributed by atoms with E-state index in [9.17, 15) is 4.79 Å². The topological polar surface area (TPSA) is 40.9 Å². The lowest BCUT2D eigenvalue weighted by molar-refractivity contribution is -0.121. The first-order valence-corrected chi connectivity index (χ1v) is 8.95. The molecule has 0 amide bonds. The third-order valence-electron chi connectivity index (χ3n) is 4.42. The molecule has 1 rings (SSSR count). The van der Waals surface area contributed by atoms with Crippen molar-refractivity contribution in [2.24, 2.45) is 5.41 Å². The summed E-state index contributed by atoms with van der Waals surface area (Å²) in [5.41, 5.74) is 1.54. The van der Waals surface area contributed by atoms with E-state index in [-0.39, 0.29) is 11.2 Å². The minimum Gasteiger partial charge on any atom is -0.298 e. The maximum absolute atomic E-state index is 12.5. The van der Waals surface area contributed by atoms with Crippen LogP contribution in [0.2, 0.25) is 0 Å². The minimum atomic E-state index is -0.452. The van der Waals surface area contributed by atoms with E-state index in [1.807, 2.05) is 32.9 Å². The molecule has 1 unspecified atom stereocenters. The SMILES string of the molecule is Cc1cccc(C(C)(CCCCC(C)(C)C#N)C(=O)CBr)c1. The number of carbonyl (C=O) groups is 1. The average Bonchev–Trinajstić information content (AvgIpc) is 2.50. The van der Waals surface area contributed by atoms with Crippen molar-refractivity contribution in [2.45, 2.75) is 58.8 Å². The molecule has 0 aliphatic heterocycles. The summed E-state index contributed by atoms with van der Waals surface area (Å²) < 4.78 is 0. The second-order valence-corrected chi connectivity index (χ2v) is 7.52. The number of nitrogens with zero attached hydrogens (tertiary/aromatic N) is 1. The Morgan fingerprint density at radius 1 is 1.23 bits per heavy atom. The summed E-state index contributed by atoms with van der Waals surface area (Å²) in [7, 11) is 0. The van der Waals surface area contributed by atoms with Crippen LogP contribution in [-0.2, 0) is 10.2 Å². The molecule has 2 nitrogen and oxygen atoms in total. The van der Waals surface area contributed by atoms with Gasteiger partial charge in [-0.2, -0.15) is 5.26 Å². The fraction of sp³-hybridized carbons (Fsp3) is 0.579. The normalized spacial score (nSPS) is 14.2. The van der Waals surface area contributed by atoms with Crippen LogP contribution in [0, 0.1) is 23.7 Å². The van der Waals surface area contributed by atoms with E-state index >= 15 is 0 Å². The number of alkyl halides is 1. The third kappa shape index (κ3) is 4.95. The van der Waals surface area contributed by atoms with Gasteiger partial charge < -0.3 is 0 Å². The Morgan fingerprint density at radius 3 is 2.41 bits per heavy atom. The third-order valence-corrected chi connectivity index (χ3v) is 4.93. The Morgan fingerprint density at radius 2 is 1.86 bits per heavy atom. The van der Waals surface area contributed by atoms with Gasteiger partial charge in [0.2, 0.25) is 0 Å². The minimum absolute atomic E-state index is 0.220. The monoisotopic (exact) mass is 363 g/mol. The Labute approximate surface area is 143 Å². The highest BCUT2D eigenvalue weighted by Gasteiger charge is 2.33. The van der Waals surface area contributed by atoms with Crippen molar-refractivity contribution in [1.29, 1.82) is 5.26 Å². The lowest BCUT2D eigenvalue weighted by atomic mass is 9.74. The number of Topliss-reactive ketones (excluding diaryl/α,β-unsaturated/α-hetero) is 1. The molecule has 22 heavy (non-hydrogen) atoms. The van der Waals surface area contributed by atoms with Crippen LogP contribution >= 0.6 is 15.9 Å². The summed E-state index contributed by atoms with van der Waals surface area (Å²) in [5, 5.41) is 9.45. The van der Waals surface area contributed by atoms with Gasteiger partial charge in [-0.25, -0.2) is 0 Å². The quantitative estimate of drug-likeness (QED) is 0.462. The van der Waals surface area contributed by atoms with Gasteiger partial charge in [0.15, 0.2) is 5.78 Å². The van der Waals surface area contributed by atoms with Crippen LogP contribution in [0.15, 0.2) is 24.3 Å². The highest BCUT2D eigenvalue weighted by molar-refractivity contribution is 9.09. The summed E-state index contributed by atoms with van der Waals surface area (Å²) in [6.07, 6.45) is 3.62. The van der Waals surface area contributed by atoms with E-state index in [0.29, 0.717) is 5.33 Å². The van der Waals surface area contributed by atoms with Crippen LogP contribution in [0.25, 0.3) is 0 Å². The molecular formula is C19H26BrNO. The summed E-state index contributed by atoms with van der Waals surface area (Å²) in [4.78, 5) is 12.5. The van der Waals surface area contributed by atoms with Gasteiger partial charge in [0.1, 0.15) is 0 Å². The average molecular weight is 364 g/mol. The Bertz CT molecular complexity index is 559. The van der Waals surface area contributed by atoms with Crippen molar-refractivity contribution in [2.75, 3.05) is 5.33 Å². The van der Waals surface area contributed by atoms with Gasteiger partial charge in [-0.3, -0.25) is 4.79 Å². The molecule has 0 saturated carbocycles. The maximum atomic E-state index is 12.5. The summed E-state index contributed by atoms with van der Waals surface area (Å²) in [6, 6.07) is 10.6. The van der Waals surface area contributed by atoms with E-state index in [1.54, 1.807) is 0 Å². The molecule has 0 bridgehead atoms. The Hall–Kier alpha value is -1.14. The number of aryl methyl sites for hydroxylation is 1. The first kappa shape index (κ1) is 18.9. The molecule has 3 heteroatoms. The molecule has 0 heterocycles. The van der Waals surface area contributed by atoms with Gasteiger partial charge in [-0.05, 0) is 46.1 Å². The summed E-state index contributed by atoms with van der Waals surface area (Å²) in [5.74, 6) is 0.220. The van der Waals surface area contributed by atoms with Crippen molar-refractivity contribution >= 4 is 21.7 Å². The van der Waals surface area contributed by atoms with Gasteiger partial charge in [-0.1, -0.05) is 58.6 Å². The molecule has 0 N–H and O–H groups in total. The molecule has 0 spiro atoms. The molecule has 0 aromatic heterocycles. The number of rotatable bonds is 8. The first-order valence-electron chi connectivity index (χ1n) is 7.83. The first-order chi connectivity index (χ1) is 10.2. The molecule has 0 saturated heterocycles. The molecular weight excluding hydrogens is 338 g/mol. The standard InChI is InChI=1S/C19H26BrNO/c1-15-8-7-9-16(12-15)19(4,17(22)13-20)11-6-5-10-18(2,3)14-21/h7-9,12H,5-6,10-11,13H2,1-4H3. The number of ketones is 1. The molecule has 0 radical (unpaired) electrons. The zero-order valence-corrected chi connectivity index (χ0v) is 15.7. The molecule has 120 valence electrons. The molecule has 1 aromatic carbocycles. The van der Waals surface area contributed by atoms with Crippen LogP contribution in [0.1, 0.15) is 57.6 Å². The number of unbranched alkanes of at least 4 members (excludes halogenated alkanes) is 1. The molecule has 0 aliphatic carbocycles. The van der Waals surface area contributed by atoms with E-state index in [2.05, 4.69) is 41.1 Å². The van der Waals surface area contributed by atoms with Crippen LogP contribution in [0.5, 0.6) is 0 Å². The molecule has 0 fully saturated rings. The number of halogens is 1. The molecule has 1 atom stereocenters. The van der Waals surface area contributed by atoms with Crippen molar-refractivity contribution in [3.05, 3.63) is 35.4 Å². The smallest absolute Gasteiger partial charge is 0.153 e. The maximum Gasteiger partial charge on any atom is 0.153 e. The summed E-state index contributed by atoms with van der Waals surface area (Å²) in [6.45, 7) is 8.03. The number of benzene rings is 1. The number of hydrogen-bond donors (Lipinski definition) is 0. The van der Waals surface area contributed by atoms with E-state index in [4.69, 9.17) is 5.26 Å². The number of carbonyl (C=O) groups excluding carboxylic acids is 1. The van der Waals surface area contributed by atoms with Crippen LogP contribution in [-0.4, -0.2) is 11.1 Å². The highest BCUT2D eigenvalue weighted by Crippen LogP contribution is 2.33. The lowest BCUT2D eigenvalue weighted by Gasteiger charge is -2.29. The van der Waals surface area contributed by atoms with Crippen molar-refractivity contribution in [3.8, 4) is 6.07 Å². The van der Waals surface area contributed by atoms with Crippen molar-refractivity contribution < 1.29 is 4.79 Å². The van der Waals surface area contributed by atoms with Crippen molar-refractivity contribution in [1.82, 2.24) is 0 Å². The predicted octanol–water partition coefficient (Wildman–Crippen LogP) is 5.33. The van der Waals surface area contributed by atoms with Crippen LogP contribution in [0.3, 0.4) is 0 Å². The van der Waals surface area contributed by atoms with Crippen LogP contribution in [0.4, 0.5) is 0 Å². The number of hydrogen-bond acceptors (Lipinski definition) is 2. The van der Waals surface area contributed by atoms with Gasteiger partial charge in [0.05, 0.1) is 22.2 Å². The fourth-order valence-corrected chi connectivity index (χ4v) is 3.30. The molecule has 0 aliphatic rings. The zero-order valence-electron chi connectivity index (χ0n) is 14.1. The van der Waals surface area contributed by atoms with Gasteiger partial charge in [0, 0.05) is 0 Å². The van der Waals surface area contributed by atoms with E-state index < -0.39 is 5.41 Å². The second-order valence-electron chi connectivity index (χ2n) is 6.96.